The van der Waals surface area contributed by atoms with Crippen LogP contribution in [0.2, 0.25) is 0 Å². The molecule has 2 fully saturated rings. The second-order valence-electron chi connectivity index (χ2n) is 7.69. The van der Waals surface area contributed by atoms with E-state index in [1.807, 2.05) is 0 Å². The summed E-state index contributed by atoms with van der Waals surface area (Å²) in [5.74, 6) is 1.00. The summed E-state index contributed by atoms with van der Waals surface area (Å²) in [6.07, 6.45) is 6.16. The topological polar surface area (TPSA) is 48.9 Å². The Hall–Kier alpha value is -0.0800. The van der Waals surface area contributed by atoms with Gasteiger partial charge in [0.15, 0.2) is 5.96 Å². The van der Waals surface area contributed by atoms with Crippen LogP contribution in [0.5, 0.6) is 0 Å². The van der Waals surface area contributed by atoms with Gasteiger partial charge in [-0.2, -0.15) is 0 Å². The molecule has 5 nitrogen and oxygen atoms in total. The summed E-state index contributed by atoms with van der Waals surface area (Å²) in [6, 6.07) is 1.21. The van der Waals surface area contributed by atoms with Gasteiger partial charge >= 0.3 is 0 Å². The van der Waals surface area contributed by atoms with Crippen LogP contribution in [0.15, 0.2) is 4.99 Å². The smallest absolute Gasteiger partial charge is 0.191 e. The third kappa shape index (κ3) is 7.99. The molecular formula is C19H39IN4O. The van der Waals surface area contributed by atoms with Crippen LogP contribution >= 0.6 is 24.0 Å². The second-order valence-corrected chi connectivity index (χ2v) is 7.69. The quantitative estimate of drug-likeness (QED) is 0.237. The maximum Gasteiger partial charge on any atom is 0.191 e. The van der Waals surface area contributed by atoms with Gasteiger partial charge in [-0.05, 0) is 65.2 Å². The highest BCUT2D eigenvalue weighted by molar-refractivity contribution is 14.0. The summed E-state index contributed by atoms with van der Waals surface area (Å²) in [5.41, 5.74) is 0.415. The first-order chi connectivity index (χ1) is 11.6. The van der Waals surface area contributed by atoms with E-state index in [-0.39, 0.29) is 24.0 Å². The SMILES string of the molecule is CCNC(=NCC1(CCOCC)CC1)NC1CCN(C(C)C)CC1.I. The number of nitrogens with zero attached hydrogens (tertiary/aromatic N) is 2. The third-order valence-electron chi connectivity index (χ3n) is 5.46. The molecule has 0 bridgehead atoms. The molecule has 2 N–H and O–H groups in total. The summed E-state index contributed by atoms with van der Waals surface area (Å²) in [7, 11) is 0. The standard InChI is InChI=1S/C19H38N4O.HI/c1-5-20-18(21-15-19(9-10-19)11-14-24-6-2)22-17-7-12-23(13-8-17)16(3)4;/h16-17H,5-15H2,1-4H3,(H2,20,21,22);1H. The van der Waals surface area contributed by atoms with Gasteiger partial charge in [-0.25, -0.2) is 0 Å². The van der Waals surface area contributed by atoms with Crippen molar-refractivity contribution in [2.24, 2.45) is 10.4 Å². The normalized spacial score (nSPS) is 21.1. The van der Waals surface area contributed by atoms with Gasteiger partial charge in [0, 0.05) is 51.5 Å². The van der Waals surface area contributed by atoms with Crippen LogP contribution in [-0.2, 0) is 4.74 Å². The molecular weight excluding hydrogens is 427 g/mol. The van der Waals surface area contributed by atoms with Crippen LogP contribution in [0.3, 0.4) is 0 Å². The van der Waals surface area contributed by atoms with Gasteiger partial charge in [0.1, 0.15) is 0 Å². The Morgan fingerprint density at radius 2 is 1.92 bits per heavy atom. The highest BCUT2D eigenvalue weighted by Crippen LogP contribution is 2.49. The van der Waals surface area contributed by atoms with Crippen molar-refractivity contribution in [2.45, 2.75) is 71.9 Å². The van der Waals surface area contributed by atoms with E-state index in [1.54, 1.807) is 0 Å². The maximum absolute atomic E-state index is 5.53. The molecule has 1 aliphatic carbocycles. The molecule has 1 aliphatic heterocycles. The van der Waals surface area contributed by atoms with Crippen molar-refractivity contribution in [3.05, 3.63) is 0 Å². The van der Waals surface area contributed by atoms with E-state index in [2.05, 4.69) is 43.2 Å². The van der Waals surface area contributed by atoms with Gasteiger partial charge in [0.2, 0.25) is 0 Å². The Morgan fingerprint density at radius 3 is 2.44 bits per heavy atom. The molecule has 1 saturated carbocycles. The summed E-state index contributed by atoms with van der Waals surface area (Å²) in [4.78, 5) is 7.46. The first-order valence-electron chi connectivity index (χ1n) is 9.95. The number of hydrogen-bond donors (Lipinski definition) is 2. The van der Waals surface area contributed by atoms with E-state index in [0.717, 1.165) is 38.7 Å². The molecule has 148 valence electrons. The van der Waals surface area contributed by atoms with Gasteiger partial charge in [0.05, 0.1) is 0 Å². The minimum absolute atomic E-state index is 0. The summed E-state index contributed by atoms with van der Waals surface area (Å²) >= 11 is 0. The zero-order chi connectivity index (χ0) is 17.4. The number of hydrogen-bond acceptors (Lipinski definition) is 3. The molecule has 2 aliphatic rings. The van der Waals surface area contributed by atoms with Crippen LogP contribution < -0.4 is 10.6 Å². The number of rotatable bonds is 9. The van der Waals surface area contributed by atoms with Gasteiger partial charge in [-0.1, -0.05) is 0 Å². The predicted octanol–water partition coefficient (Wildman–Crippen LogP) is 3.24. The Kier molecular flexibility index (Phi) is 10.6. The maximum atomic E-state index is 5.53. The molecule has 0 unspecified atom stereocenters. The number of aliphatic imine (C=N–C) groups is 1. The number of halogens is 1. The summed E-state index contributed by atoms with van der Waals surface area (Å²) in [5, 5.41) is 7.09. The Bertz CT molecular complexity index is 391. The van der Waals surface area contributed by atoms with Crippen molar-refractivity contribution in [1.82, 2.24) is 15.5 Å². The minimum Gasteiger partial charge on any atom is -0.382 e. The molecule has 1 saturated heterocycles. The van der Waals surface area contributed by atoms with E-state index in [4.69, 9.17) is 9.73 Å². The minimum atomic E-state index is 0. The molecule has 0 amide bonds. The summed E-state index contributed by atoms with van der Waals surface area (Å²) < 4.78 is 5.53. The molecule has 0 aromatic rings. The van der Waals surface area contributed by atoms with Crippen molar-refractivity contribution >= 4 is 29.9 Å². The Labute approximate surface area is 171 Å². The highest BCUT2D eigenvalue weighted by atomic mass is 127. The van der Waals surface area contributed by atoms with E-state index >= 15 is 0 Å². The fourth-order valence-electron chi connectivity index (χ4n) is 3.42. The number of piperidine rings is 1. The van der Waals surface area contributed by atoms with Gasteiger partial charge in [-0.15, -0.1) is 24.0 Å². The Balaban J connectivity index is 0.00000312. The van der Waals surface area contributed by atoms with Crippen LogP contribution in [-0.4, -0.2) is 62.3 Å². The first-order valence-corrected chi connectivity index (χ1v) is 9.95. The average molecular weight is 466 g/mol. The lowest BCUT2D eigenvalue weighted by atomic mass is 10.0. The molecule has 1 heterocycles. The van der Waals surface area contributed by atoms with Crippen LogP contribution in [0, 0.1) is 5.41 Å². The van der Waals surface area contributed by atoms with E-state index in [9.17, 15) is 0 Å². The number of guanidine groups is 1. The van der Waals surface area contributed by atoms with Crippen LogP contribution in [0.25, 0.3) is 0 Å². The lowest BCUT2D eigenvalue weighted by Crippen LogP contribution is -2.50. The molecule has 0 aromatic heterocycles. The van der Waals surface area contributed by atoms with Crippen molar-refractivity contribution in [1.29, 1.82) is 0 Å². The van der Waals surface area contributed by atoms with Crippen LogP contribution in [0.4, 0.5) is 0 Å². The van der Waals surface area contributed by atoms with Crippen molar-refractivity contribution in [2.75, 3.05) is 39.4 Å². The van der Waals surface area contributed by atoms with Gasteiger partial charge < -0.3 is 20.3 Å². The van der Waals surface area contributed by atoms with Gasteiger partial charge in [0.25, 0.3) is 0 Å². The number of nitrogens with one attached hydrogen (secondary N) is 2. The van der Waals surface area contributed by atoms with E-state index < -0.39 is 0 Å². The molecule has 0 aromatic carbocycles. The Morgan fingerprint density at radius 1 is 1.24 bits per heavy atom. The largest absolute Gasteiger partial charge is 0.382 e. The monoisotopic (exact) mass is 466 g/mol. The van der Waals surface area contributed by atoms with Crippen LogP contribution in [0.1, 0.15) is 59.8 Å². The molecule has 0 spiro atoms. The van der Waals surface area contributed by atoms with Crippen molar-refractivity contribution < 1.29 is 4.74 Å². The average Bonchev–Trinajstić information content (AvgIpc) is 3.34. The molecule has 6 heteroatoms. The zero-order valence-electron chi connectivity index (χ0n) is 16.6. The fourth-order valence-corrected chi connectivity index (χ4v) is 3.42. The molecule has 2 rings (SSSR count). The zero-order valence-corrected chi connectivity index (χ0v) is 19.0. The first kappa shape index (κ1) is 23.0. The second kappa shape index (κ2) is 11.6. The van der Waals surface area contributed by atoms with E-state index in [0.29, 0.717) is 17.5 Å². The number of ether oxygens (including phenoxy) is 1. The van der Waals surface area contributed by atoms with Gasteiger partial charge in [-0.3, -0.25) is 4.99 Å². The highest BCUT2D eigenvalue weighted by Gasteiger charge is 2.42. The lowest BCUT2D eigenvalue weighted by Gasteiger charge is -2.35. The summed E-state index contributed by atoms with van der Waals surface area (Å²) in [6.45, 7) is 14.7. The molecule has 0 radical (unpaired) electrons. The fraction of sp³-hybridized carbons (Fsp3) is 0.947. The van der Waals surface area contributed by atoms with Crippen molar-refractivity contribution in [3.8, 4) is 0 Å². The molecule has 25 heavy (non-hydrogen) atoms. The van der Waals surface area contributed by atoms with E-state index in [1.165, 1.54) is 38.8 Å². The number of likely N-dealkylation sites (tertiary alicyclic amines) is 1. The van der Waals surface area contributed by atoms with Crippen molar-refractivity contribution in [3.63, 3.8) is 0 Å². The third-order valence-corrected chi connectivity index (χ3v) is 5.46. The molecule has 0 atom stereocenters. The lowest BCUT2D eigenvalue weighted by molar-refractivity contribution is 0.129. The predicted molar refractivity (Wildman–Crippen MR) is 117 cm³/mol.